The highest BCUT2D eigenvalue weighted by atomic mass is 19.4. The fraction of sp³-hybridized carbons (Fsp3) is 0.400. The van der Waals surface area contributed by atoms with Gasteiger partial charge in [-0.1, -0.05) is 87.9 Å². The van der Waals surface area contributed by atoms with Crippen LogP contribution in [0.4, 0.5) is 26.3 Å². The van der Waals surface area contributed by atoms with E-state index in [4.69, 9.17) is 0 Å². The molecule has 0 amide bonds. The molecule has 0 aliphatic rings. The molecule has 0 nitrogen and oxygen atoms in total. The second-order valence-corrected chi connectivity index (χ2v) is 4.98. The van der Waals surface area contributed by atoms with E-state index in [0.717, 1.165) is 36.4 Å². The maximum atomic E-state index is 13.6. The number of hydrogen-bond acceptors (Lipinski definition) is 0. The Hall–Kier alpha value is -1.98. The molecule has 2 aromatic rings. The van der Waals surface area contributed by atoms with Crippen LogP contribution < -0.4 is 0 Å². The van der Waals surface area contributed by atoms with Gasteiger partial charge < -0.3 is 0 Å². The van der Waals surface area contributed by atoms with Gasteiger partial charge in [0.25, 0.3) is 0 Å². The SMILES string of the molecule is CC.CC.Cc1ccc(C(c2ccccc2)(C(F)(F)F)C(F)(F)F)cc1. The lowest BCUT2D eigenvalue weighted by Gasteiger charge is -2.38. The van der Waals surface area contributed by atoms with Gasteiger partial charge in [-0.25, -0.2) is 0 Å². The smallest absolute Gasteiger partial charge is 0.169 e. The molecular weight excluding hydrogens is 354 g/mol. The predicted molar refractivity (Wildman–Crippen MR) is 93.2 cm³/mol. The zero-order valence-electron chi connectivity index (χ0n) is 15.5. The average Bonchev–Trinajstić information content (AvgIpc) is 2.59. The first kappa shape index (κ1) is 24.0. The van der Waals surface area contributed by atoms with Crippen LogP contribution in [0.25, 0.3) is 0 Å². The average molecular weight is 378 g/mol. The topological polar surface area (TPSA) is 0 Å². The number of hydrogen-bond donors (Lipinski definition) is 0. The molecule has 0 aliphatic carbocycles. The molecular formula is C20H24F6. The van der Waals surface area contributed by atoms with E-state index >= 15 is 0 Å². The van der Waals surface area contributed by atoms with E-state index in [1.165, 1.54) is 18.2 Å². The highest BCUT2D eigenvalue weighted by Gasteiger charge is 2.72. The third-order valence-corrected chi connectivity index (χ3v) is 3.54. The van der Waals surface area contributed by atoms with E-state index in [1.54, 1.807) is 6.92 Å². The molecule has 0 unspecified atom stereocenters. The lowest BCUT2D eigenvalue weighted by molar-refractivity contribution is -0.288. The van der Waals surface area contributed by atoms with Crippen LogP contribution >= 0.6 is 0 Å². The van der Waals surface area contributed by atoms with Gasteiger partial charge in [0.1, 0.15) is 0 Å². The molecule has 0 spiro atoms. The van der Waals surface area contributed by atoms with Crippen molar-refractivity contribution < 1.29 is 26.3 Å². The van der Waals surface area contributed by atoms with E-state index < -0.39 is 28.9 Å². The number of benzene rings is 2. The summed E-state index contributed by atoms with van der Waals surface area (Å²) in [6.07, 6.45) is -11.1. The van der Waals surface area contributed by atoms with Crippen LogP contribution in [0.3, 0.4) is 0 Å². The molecule has 0 bridgehead atoms. The monoisotopic (exact) mass is 378 g/mol. The number of rotatable bonds is 2. The van der Waals surface area contributed by atoms with E-state index in [1.807, 2.05) is 27.7 Å². The van der Waals surface area contributed by atoms with Crippen molar-refractivity contribution in [3.8, 4) is 0 Å². The molecule has 26 heavy (non-hydrogen) atoms. The van der Waals surface area contributed by atoms with Gasteiger partial charge in [-0.3, -0.25) is 0 Å². The summed E-state index contributed by atoms with van der Waals surface area (Å²) in [6.45, 7) is 9.59. The summed E-state index contributed by atoms with van der Waals surface area (Å²) in [5.41, 5.74) is -5.16. The minimum absolute atomic E-state index is 0.579. The summed E-state index contributed by atoms with van der Waals surface area (Å²) in [6, 6.07) is 9.63. The molecule has 0 saturated heterocycles. The Kier molecular flexibility index (Phi) is 8.91. The molecule has 2 rings (SSSR count). The minimum atomic E-state index is -5.53. The molecule has 0 aliphatic heterocycles. The zero-order valence-corrected chi connectivity index (χ0v) is 15.5. The van der Waals surface area contributed by atoms with Crippen molar-refractivity contribution in [3.63, 3.8) is 0 Å². The van der Waals surface area contributed by atoms with Gasteiger partial charge in [0.2, 0.25) is 5.41 Å². The fourth-order valence-electron chi connectivity index (χ4n) is 2.47. The van der Waals surface area contributed by atoms with Crippen LogP contribution in [0.5, 0.6) is 0 Å². The van der Waals surface area contributed by atoms with E-state index in [-0.39, 0.29) is 0 Å². The van der Waals surface area contributed by atoms with Crippen LogP contribution in [0.15, 0.2) is 54.6 Å². The van der Waals surface area contributed by atoms with Crippen LogP contribution in [0, 0.1) is 6.92 Å². The summed E-state index contributed by atoms with van der Waals surface area (Å²) < 4.78 is 81.7. The Labute approximate surface area is 150 Å². The Morgan fingerprint density at radius 3 is 1.23 bits per heavy atom. The molecule has 0 fully saturated rings. The molecule has 0 heterocycles. The highest BCUT2D eigenvalue weighted by molar-refractivity contribution is 5.44. The highest BCUT2D eigenvalue weighted by Crippen LogP contribution is 2.56. The fourth-order valence-corrected chi connectivity index (χ4v) is 2.47. The first-order chi connectivity index (χ1) is 12.1. The zero-order chi connectivity index (χ0) is 20.6. The second-order valence-electron chi connectivity index (χ2n) is 4.98. The molecule has 0 radical (unpaired) electrons. The van der Waals surface area contributed by atoms with Crippen LogP contribution in [-0.4, -0.2) is 12.4 Å². The molecule has 0 atom stereocenters. The lowest BCUT2D eigenvalue weighted by Crippen LogP contribution is -2.54. The summed E-state index contributed by atoms with van der Waals surface area (Å²) in [4.78, 5) is 0. The van der Waals surface area contributed by atoms with Gasteiger partial charge in [-0.2, -0.15) is 26.3 Å². The summed E-state index contributed by atoms with van der Waals surface area (Å²) in [5, 5.41) is 0. The van der Waals surface area contributed by atoms with Gasteiger partial charge in [-0.15, -0.1) is 0 Å². The number of alkyl halides is 6. The number of aryl methyl sites for hydroxylation is 1. The van der Waals surface area contributed by atoms with Gasteiger partial charge >= 0.3 is 12.4 Å². The predicted octanol–water partition coefficient (Wildman–Crippen LogP) is 7.46. The van der Waals surface area contributed by atoms with Crippen molar-refractivity contribution in [2.24, 2.45) is 0 Å². The van der Waals surface area contributed by atoms with Crippen molar-refractivity contribution in [1.82, 2.24) is 0 Å². The quantitative estimate of drug-likeness (QED) is 0.476. The maximum Gasteiger partial charge on any atom is 0.411 e. The van der Waals surface area contributed by atoms with Crippen LogP contribution in [-0.2, 0) is 5.41 Å². The maximum absolute atomic E-state index is 13.6. The van der Waals surface area contributed by atoms with Gasteiger partial charge in [0.05, 0.1) is 0 Å². The van der Waals surface area contributed by atoms with Gasteiger partial charge in [0.15, 0.2) is 0 Å². The van der Waals surface area contributed by atoms with Crippen molar-refractivity contribution >= 4 is 0 Å². The van der Waals surface area contributed by atoms with E-state index in [9.17, 15) is 26.3 Å². The summed E-state index contributed by atoms with van der Waals surface area (Å²) in [7, 11) is 0. The Morgan fingerprint density at radius 1 is 0.538 bits per heavy atom. The van der Waals surface area contributed by atoms with Gasteiger partial charge in [-0.05, 0) is 18.1 Å². The molecule has 146 valence electrons. The Morgan fingerprint density at radius 2 is 0.885 bits per heavy atom. The summed E-state index contributed by atoms with van der Waals surface area (Å²) in [5.74, 6) is 0. The lowest BCUT2D eigenvalue weighted by atomic mass is 9.73. The number of halogens is 6. The van der Waals surface area contributed by atoms with Crippen molar-refractivity contribution in [3.05, 3.63) is 71.3 Å². The Balaban J connectivity index is 0.00000146. The van der Waals surface area contributed by atoms with Gasteiger partial charge in [0, 0.05) is 0 Å². The Bertz CT molecular complexity index is 610. The van der Waals surface area contributed by atoms with Crippen LogP contribution in [0.1, 0.15) is 44.4 Å². The first-order valence-electron chi connectivity index (χ1n) is 8.37. The molecule has 0 aromatic heterocycles. The molecule has 0 saturated carbocycles. The van der Waals surface area contributed by atoms with Crippen molar-refractivity contribution in [1.29, 1.82) is 0 Å². The third kappa shape index (κ3) is 4.59. The largest absolute Gasteiger partial charge is 0.411 e. The normalized spacial score (nSPS) is 11.7. The minimum Gasteiger partial charge on any atom is -0.169 e. The third-order valence-electron chi connectivity index (χ3n) is 3.54. The molecule has 6 heteroatoms. The van der Waals surface area contributed by atoms with E-state index in [2.05, 4.69) is 0 Å². The second kappa shape index (κ2) is 9.64. The molecule has 2 aromatic carbocycles. The van der Waals surface area contributed by atoms with Crippen molar-refractivity contribution in [2.75, 3.05) is 0 Å². The standard InChI is InChI=1S/C16H12F6.2C2H6/c1-11-7-9-13(10-8-11)14(15(17,18)19,16(20,21)22)12-5-3-2-4-6-12;2*1-2/h2-10H,1H3;2*1-2H3. The van der Waals surface area contributed by atoms with E-state index in [0.29, 0.717) is 5.56 Å². The molecule has 0 N–H and O–H groups in total. The first-order valence-corrected chi connectivity index (χ1v) is 8.37. The van der Waals surface area contributed by atoms with Crippen LogP contribution in [0.2, 0.25) is 0 Å². The summed E-state index contributed by atoms with van der Waals surface area (Å²) >= 11 is 0. The van der Waals surface area contributed by atoms with Crippen molar-refractivity contribution in [2.45, 2.75) is 52.4 Å².